The highest BCUT2D eigenvalue weighted by atomic mass is 35.5. The van der Waals surface area contributed by atoms with Gasteiger partial charge in [0.15, 0.2) is 5.76 Å². The molecule has 0 saturated carbocycles. The molecule has 0 fully saturated rings. The second kappa shape index (κ2) is 8.31. The van der Waals surface area contributed by atoms with Crippen LogP contribution in [0.5, 0.6) is 5.75 Å². The fourth-order valence-electron chi connectivity index (χ4n) is 2.84. The summed E-state index contributed by atoms with van der Waals surface area (Å²) in [6, 6.07) is 10.4. The number of aromatic nitrogens is 2. The number of ether oxygens (including phenoxy) is 1. The minimum atomic E-state index is -0.282. The Morgan fingerprint density at radius 1 is 1.33 bits per heavy atom. The van der Waals surface area contributed by atoms with Gasteiger partial charge in [0.1, 0.15) is 18.1 Å². The third-order valence-corrected chi connectivity index (χ3v) is 4.66. The lowest BCUT2D eigenvalue weighted by atomic mass is 10.1. The van der Waals surface area contributed by atoms with Gasteiger partial charge in [-0.3, -0.25) is 9.48 Å². The predicted molar refractivity (Wildman–Crippen MR) is 103 cm³/mol. The molecule has 6 nitrogen and oxygen atoms in total. The molecule has 1 amide bonds. The predicted octanol–water partition coefficient (Wildman–Crippen LogP) is 4.53. The second-order valence-electron chi connectivity index (χ2n) is 6.18. The largest absolute Gasteiger partial charge is 0.484 e. The maximum Gasteiger partial charge on any atom is 0.287 e. The fraction of sp³-hybridized carbons (Fsp3) is 0.300. The van der Waals surface area contributed by atoms with E-state index in [1.165, 1.54) is 0 Å². The molecule has 0 radical (unpaired) electrons. The van der Waals surface area contributed by atoms with E-state index in [-0.39, 0.29) is 24.3 Å². The van der Waals surface area contributed by atoms with Gasteiger partial charge in [0.2, 0.25) is 0 Å². The van der Waals surface area contributed by atoms with Crippen molar-refractivity contribution in [1.82, 2.24) is 15.1 Å². The maximum atomic E-state index is 12.5. The van der Waals surface area contributed by atoms with Crippen molar-refractivity contribution < 1.29 is 13.9 Å². The van der Waals surface area contributed by atoms with E-state index < -0.39 is 0 Å². The minimum Gasteiger partial charge on any atom is -0.484 e. The van der Waals surface area contributed by atoms with Gasteiger partial charge in [-0.2, -0.15) is 5.10 Å². The summed E-state index contributed by atoms with van der Waals surface area (Å²) in [5, 5.41) is 7.78. The van der Waals surface area contributed by atoms with E-state index in [9.17, 15) is 4.79 Å². The standard InChI is InChI=1S/C20H22ClN3O3/c1-4-24-14(3)16(11-22-24)13(2)23-20(25)19-10-9-15(27-19)12-26-18-8-6-5-7-17(18)21/h5-11,13H,4,12H2,1-3H3,(H,23,25). The molecule has 1 atom stereocenters. The molecule has 0 bridgehead atoms. The molecule has 0 aliphatic carbocycles. The Labute approximate surface area is 163 Å². The Hall–Kier alpha value is -2.73. The average Bonchev–Trinajstić information content (AvgIpc) is 3.27. The van der Waals surface area contributed by atoms with E-state index in [1.54, 1.807) is 30.5 Å². The van der Waals surface area contributed by atoms with Crippen LogP contribution in [-0.2, 0) is 13.2 Å². The summed E-state index contributed by atoms with van der Waals surface area (Å²) >= 11 is 6.06. The van der Waals surface area contributed by atoms with Crippen LogP contribution >= 0.6 is 11.6 Å². The number of nitrogens with one attached hydrogen (secondary N) is 1. The molecule has 2 aromatic heterocycles. The van der Waals surface area contributed by atoms with Gasteiger partial charge in [-0.05, 0) is 45.0 Å². The Morgan fingerprint density at radius 3 is 2.81 bits per heavy atom. The highest BCUT2D eigenvalue weighted by Crippen LogP contribution is 2.24. The normalized spacial score (nSPS) is 12.0. The zero-order valence-corrected chi connectivity index (χ0v) is 16.3. The van der Waals surface area contributed by atoms with Crippen molar-refractivity contribution in [3.05, 3.63) is 70.4 Å². The summed E-state index contributed by atoms with van der Waals surface area (Å²) in [7, 11) is 0. The van der Waals surface area contributed by atoms with E-state index in [0.29, 0.717) is 16.5 Å². The quantitative estimate of drug-likeness (QED) is 0.646. The summed E-state index contributed by atoms with van der Waals surface area (Å²) in [6.07, 6.45) is 1.79. The Bertz CT molecular complexity index is 932. The Morgan fingerprint density at radius 2 is 2.11 bits per heavy atom. The van der Waals surface area contributed by atoms with Crippen LogP contribution in [0, 0.1) is 6.92 Å². The first-order chi connectivity index (χ1) is 13.0. The molecule has 1 aromatic carbocycles. The summed E-state index contributed by atoms with van der Waals surface area (Å²) in [5.74, 6) is 1.07. The van der Waals surface area contributed by atoms with Crippen LogP contribution in [0.15, 0.2) is 47.0 Å². The van der Waals surface area contributed by atoms with Crippen LogP contribution in [0.4, 0.5) is 0 Å². The summed E-state index contributed by atoms with van der Waals surface area (Å²) in [5.41, 5.74) is 2.03. The Kier molecular flexibility index (Phi) is 5.86. The van der Waals surface area contributed by atoms with Gasteiger partial charge in [-0.15, -0.1) is 0 Å². The molecule has 0 aliphatic rings. The molecule has 0 spiro atoms. The zero-order valence-electron chi connectivity index (χ0n) is 15.5. The van der Waals surface area contributed by atoms with Gasteiger partial charge < -0.3 is 14.5 Å². The topological polar surface area (TPSA) is 69.3 Å². The van der Waals surface area contributed by atoms with Crippen molar-refractivity contribution in [1.29, 1.82) is 0 Å². The van der Waals surface area contributed by atoms with Gasteiger partial charge in [-0.1, -0.05) is 23.7 Å². The number of aryl methyl sites for hydroxylation is 1. The molecule has 3 rings (SSSR count). The SMILES string of the molecule is CCn1ncc(C(C)NC(=O)c2ccc(COc3ccccc3Cl)o2)c1C. The minimum absolute atomic E-state index is 0.175. The molecular weight excluding hydrogens is 366 g/mol. The number of amides is 1. The first-order valence-corrected chi connectivity index (χ1v) is 9.16. The zero-order chi connectivity index (χ0) is 19.4. The summed E-state index contributed by atoms with van der Waals surface area (Å²) in [6.45, 7) is 6.92. The van der Waals surface area contributed by atoms with Crippen molar-refractivity contribution in [3.63, 3.8) is 0 Å². The van der Waals surface area contributed by atoms with Crippen LogP contribution in [0.3, 0.4) is 0 Å². The summed E-state index contributed by atoms with van der Waals surface area (Å²) in [4.78, 5) is 12.5. The van der Waals surface area contributed by atoms with Gasteiger partial charge in [0, 0.05) is 17.8 Å². The van der Waals surface area contributed by atoms with Gasteiger partial charge in [0.25, 0.3) is 5.91 Å². The highest BCUT2D eigenvalue weighted by molar-refractivity contribution is 6.32. The first-order valence-electron chi connectivity index (χ1n) is 8.78. The molecule has 7 heteroatoms. The monoisotopic (exact) mass is 387 g/mol. The highest BCUT2D eigenvalue weighted by Gasteiger charge is 2.18. The lowest BCUT2D eigenvalue weighted by molar-refractivity contribution is 0.0907. The third-order valence-electron chi connectivity index (χ3n) is 4.35. The van der Waals surface area contributed by atoms with Crippen LogP contribution in [0.2, 0.25) is 5.02 Å². The van der Waals surface area contributed by atoms with Crippen LogP contribution in [-0.4, -0.2) is 15.7 Å². The summed E-state index contributed by atoms with van der Waals surface area (Å²) < 4.78 is 13.1. The number of halogens is 1. The van der Waals surface area contributed by atoms with Crippen LogP contribution in [0.25, 0.3) is 0 Å². The number of para-hydroxylation sites is 1. The van der Waals surface area contributed by atoms with Gasteiger partial charge in [-0.25, -0.2) is 0 Å². The van der Waals surface area contributed by atoms with E-state index in [4.69, 9.17) is 20.8 Å². The molecule has 3 aromatic rings. The molecule has 0 aliphatic heterocycles. The van der Waals surface area contributed by atoms with Crippen LogP contribution in [0.1, 0.15) is 47.5 Å². The number of nitrogens with zero attached hydrogens (tertiary/aromatic N) is 2. The van der Waals surface area contributed by atoms with Crippen molar-refractivity contribution >= 4 is 17.5 Å². The molecule has 0 saturated heterocycles. The molecule has 2 heterocycles. The molecule has 142 valence electrons. The van der Waals surface area contributed by atoms with Crippen molar-refractivity contribution in [2.24, 2.45) is 0 Å². The lowest BCUT2D eigenvalue weighted by Crippen LogP contribution is -2.26. The molecule has 27 heavy (non-hydrogen) atoms. The first kappa shape index (κ1) is 19.0. The van der Waals surface area contributed by atoms with E-state index >= 15 is 0 Å². The molecule has 1 unspecified atom stereocenters. The van der Waals surface area contributed by atoms with E-state index in [2.05, 4.69) is 10.4 Å². The number of hydrogen-bond donors (Lipinski definition) is 1. The van der Waals surface area contributed by atoms with Crippen molar-refractivity contribution in [2.75, 3.05) is 0 Å². The number of carbonyl (C=O) groups is 1. The molecular formula is C20H22ClN3O3. The molecule has 1 N–H and O–H groups in total. The van der Waals surface area contributed by atoms with Gasteiger partial charge in [0.05, 0.1) is 17.3 Å². The number of carbonyl (C=O) groups excluding carboxylic acids is 1. The van der Waals surface area contributed by atoms with Crippen molar-refractivity contribution in [3.8, 4) is 5.75 Å². The van der Waals surface area contributed by atoms with Crippen molar-refractivity contribution in [2.45, 2.75) is 40.0 Å². The number of hydrogen-bond acceptors (Lipinski definition) is 4. The number of rotatable bonds is 7. The third kappa shape index (κ3) is 4.34. The van der Waals surface area contributed by atoms with Gasteiger partial charge >= 0.3 is 0 Å². The fourth-order valence-corrected chi connectivity index (χ4v) is 3.03. The average molecular weight is 388 g/mol. The van der Waals surface area contributed by atoms with E-state index in [1.807, 2.05) is 37.6 Å². The second-order valence-corrected chi connectivity index (χ2v) is 6.59. The van der Waals surface area contributed by atoms with Crippen LogP contribution < -0.4 is 10.1 Å². The lowest BCUT2D eigenvalue weighted by Gasteiger charge is -2.13. The number of benzene rings is 1. The smallest absolute Gasteiger partial charge is 0.287 e. The van der Waals surface area contributed by atoms with E-state index in [0.717, 1.165) is 17.8 Å². The maximum absolute atomic E-state index is 12.5. The Balaban J connectivity index is 1.61. The number of furan rings is 1.